The van der Waals surface area contributed by atoms with Crippen LogP contribution >= 0.6 is 0 Å². The summed E-state index contributed by atoms with van der Waals surface area (Å²) in [5.74, 6) is 0. The van der Waals surface area contributed by atoms with Crippen LogP contribution in [-0.2, 0) is 14.2 Å². The Balaban J connectivity index is 2.48. The van der Waals surface area contributed by atoms with Gasteiger partial charge in [0.2, 0.25) is 0 Å². The Morgan fingerprint density at radius 1 is 1.24 bits per heavy atom. The summed E-state index contributed by atoms with van der Waals surface area (Å²) < 4.78 is 13.5. The molecule has 0 aromatic heterocycles. The Hall–Kier alpha value is -1.19. The fourth-order valence-electron chi connectivity index (χ4n) is 1.32. The number of carbonyl (C=O) groups excluding carboxylic acids is 1. The average Bonchev–Trinajstić information content (AvgIpc) is 2.30. The first-order valence-electron chi connectivity index (χ1n) is 4.79. The van der Waals surface area contributed by atoms with Gasteiger partial charge < -0.3 is 34.6 Å². The van der Waals surface area contributed by atoms with Crippen LogP contribution in [0.5, 0.6) is 0 Å². The van der Waals surface area contributed by atoms with E-state index in [2.05, 4.69) is 16.1 Å². The Kier molecular flexibility index (Phi) is 4.85. The van der Waals surface area contributed by atoms with Crippen LogP contribution in [0.4, 0.5) is 4.79 Å². The first kappa shape index (κ1) is 13.9. The van der Waals surface area contributed by atoms with Crippen LogP contribution in [0.2, 0.25) is 0 Å². The van der Waals surface area contributed by atoms with Gasteiger partial charge in [-0.2, -0.15) is 0 Å². The predicted molar refractivity (Wildman–Crippen MR) is 51.5 cm³/mol. The van der Waals surface area contributed by atoms with Gasteiger partial charge >= 0.3 is 6.16 Å². The number of ether oxygens (including phenoxy) is 3. The van der Waals surface area contributed by atoms with E-state index in [1.54, 1.807) is 0 Å². The molecule has 0 spiro atoms. The maximum absolute atomic E-state index is 10.8. The van der Waals surface area contributed by atoms with E-state index in [0.29, 0.717) is 0 Å². The lowest BCUT2D eigenvalue weighted by Gasteiger charge is -2.37. The van der Waals surface area contributed by atoms with Gasteiger partial charge in [0.1, 0.15) is 31.0 Å². The van der Waals surface area contributed by atoms with Gasteiger partial charge in [-0.05, 0) is 0 Å². The molecule has 1 saturated heterocycles. The summed E-state index contributed by atoms with van der Waals surface area (Å²) in [5.41, 5.74) is 0. The highest BCUT2D eigenvalue weighted by Gasteiger charge is 2.43. The van der Waals surface area contributed by atoms with Gasteiger partial charge in [0.15, 0.2) is 6.29 Å². The molecule has 1 unspecified atom stereocenters. The Morgan fingerprint density at radius 2 is 1.88 bits per heavy atom. The summed E-state index contributed by atoms with van der Waals surface area (Å²) in [6.45, 7) is 2.68. The minimum absolute atomic E-state index is 0.450. The zero-order valence-electron chi connectivity index (χ0n) is 8.80. The highest BCUT2D eigenvalue weighted by atomic mass is 16.7. The summed E-state index contributed by atoms with van der Waals surface area (Å²) >= 11 is 0. The third-order valence-electron chi connectivity index (χ3n) is 2.23. The number of aliphatic hydroxyl groups is 4. The lowest BCUT2D eigenvalue weighted by Crippen LogP contribution is -2.58. The summed E-state index contributed by atoms with van der Waals surface area (Å²) in [6, 6.07) is 0. The molecule has 98 valence electrons. The maximum atomic E-state index is 10.8. The number of hydrogen-bond donors (Lipinski definition) is 4. The number of rotatable bonds is 3. The van der Waals surface area contributed by atoms with Crippen molar-refractivity contribution in [2.24, 2.45) is 0 Å². The Morgan fingerprint density at radius 3 is 2.47 bits per heavy atom. The van der Waals surface area contributed by atoms with Crippen LogP contribution in [-0.4, -0.2) is 63.9 Å². The second-order valence-corrected chi connectivity index (χ2v) is 3.38. The van der Waals surface area contributed by atoms with Crippen molar-refractivity contribution < 1.29 is 39.4 Å². The van der Waals surface area contributed by atoms with E-state index < -0.39 is 43.5 Å². The molecular formula is C9H14O8. The van der Waals surface area contributed by atoms with Crippen molar-refractivity contribution in [1.82, 2.24) is 0 Å². The molecule has 1 rings (SSSR count). The van der Waals surface area contributed by atoms with Gasteiger partial charge in [-0.3, -0.25) is 0 Å². The first-order chi connectivity index (χ1) is 7.97. The molecule has 8 heteroatoms. The van der Waals surface area contributed by atoms with Crippen LogP contribution < -0.4 is 0 Å². The van der Waals surface area contributed by atoms with Crippen molar-refractivity contribution in [2.45, 2.75) is 30.7 Å². The molecular weight excluding hydrogens is 236 g/mol. The van der Waals surface area contributed by atoms with E-state index in [1.165, 1.54) is 0 Å². The van der Waals surface area contributed by atoms with Crippen LogP contribution in [0.1, 0.15) is 0 Å². The molecule has 0 aromatic carbocycles. The SMILES string of the molecule is C=COC(=O)OC[C@H]1OC(O)[C@H](O)[C@@H](O)[C@@H]1O. The average molecular weight is 250 g/mol. The molecule has 0 aliphatic carbocycles. The molecule has 1 fully saturated rings. The van der Waals surface area contributed by atoms with E-state index in [4.69, 9.17) is 9.84 Å². The van der Waals surface area contributed by atoms with Crippen molar-refractivity contribution in [2.75, 3.05) is 6.61 Å². The Bertz CT molecular complexity index is 280. The molecule has 0 radical (unpaired) electrons. The summed E-state index contributed by atoms with van der Waals surface area (Å²) in [6.07, 6.45) is -7.76. The van der Waals surface area contributed by atoms with E-state index in [0.717, 1.165) is 6.26 Å². The van der Waals surface area contributed by atoms with Crippen molar-refractivity contribution >= 4 is 6.16 Å². The van der Waals surface area contributed by atoms with Gasteiger partial charge in [-0.1, -0.05) is 6.58 Å². The molecule has 1 aliphatic heterocycles. The smallest absolute Gasteiger partial charge is 0.431 e. The van der Waals surface area contributed by atoms with Crippen LogP contribution in [0.25, 0.3) is 0 Å². The van der Waals surface area contributed by atoms with Gasteiger partial charge in [0.05, 0.1) is 6.26 Å². The third-order valence-corrected chi connectivity index (χ3v) is 2.23. The van der Waals surface area contributed by atoms with Gasteiger partial charge in [0, 0.05) is 0 Å². The lowest BCUT2D eigenvalue weighted by atomic mass is 9.99. The highest BCUT2D eigenvalue weighted by molar-refractivity contribution is 5.60. The molecule has 17 heavy (non-hydrogen) atoms. The van der Waals surface area contributed by atoms with Crippen molar-refractivity contribution in [3.63, 3.8) is 0 Å². The number of hydrogen-bond acceptors (Lipinski definition) is 8. The normalized spacial score (nSPS) is 37.3. The van der Waals surface area contributed by atoms with Gasteiger partial charge in [-0.15, -0.1) is 0 Å². The number of carbonyl (C=O) groups is 1. The minimum atomic E-state index is -1.67. The zero-order valence-corrected chi connectivity index (χ0v) is 8.80. The monoisotopic (exact) mass is 250 g/mol. The van der Waals surface area contributed by atoms with Crippen LogP contribution in [0.15, 0.2) is 12.8 Å². The molecule has 8 nitrogen and oxygen atoms in total. The molecule has 1 aliphatic rings. The Labute approximate surface area is 96.6 Å². The predicted octanol–water partition coefficient (Wildman–Crippen LogP) is -1.92. The van der Waals surface area contributed by atoms with Crippen LogP contribution in [0, 0.1) is 0 Å². The molecule has 0 bridgehead atoms. The van der Waals surface area contributed by atoms with E-state index in [1.807, 2.05) is 0 Å². The van der Waals surface area contributed by atoms with Crippen molar-refractivity contribution in [3.05, 3.63) is 12.8 Å². The summed E-state index contributed by atoms with van der Waals surface area (Å²) in [7, 11) is 0. The summed E-state index contributed by atoms with van der Waals surface area (Å²) in [5, 5.41) is 37.1. The van der Waals surface area contributed by atoms with E-state index in [-0.39, 0.29) is 0 Å². The standard InChI is InChI=1S/C9H14O8/c1-2-15-9(14)16-3-4-5(10)6(11)7(12)8(13)17-4/h2,4-8,10-13H,1,3H2/t4-,5-,6+,7-,8?/m1/s1. The molecule has 0 aromatic rings. The second kappa shape index (κ2) is 5.94. The maximum Gasteiger partial charge on any atom is 0.513 e. The van der Waals surface area contributed by atoms with Crippen molar-refractivity contribution in [3.8, 4) is 0 Å². The number of aliphatic hydroxyl groups excluding tert-OH is 4. The largest absolute Gasteiger partial charge is 0.513 e. The van der Waals surface area contributed by atoms with Crippen LogP contribution in [0.3, 0.4) is 0 Å². The minimum Gasteiger partial charge on any atom is -0.431 e. The fraction of sp³-hybridized carbons (Fsp3) is 0.667. The van der Waals surface area contributed by atoms with Gasteiger partial charge in [-0.25, -0.2) is 4.79 Å². The molecule has 4 N–H and O–H groups in total. The molecule has 0 amide bonds. The molecule has 0 saturated carbocycles. The van der Waals surface area contributed by atoms with Gasteiger partial charge in [0.25, 0.3) is 0 Å². The molecule has 5 atom stereocenters. The second-order valence-electron chi connectivity index (χ2n) is 3.38. The molecule has 1 heterocycles. The van der Waals surface area contributed by atoms with Crippen molar-refractivity contribution in [1.29, 1.82) is 0 Å². The quantitative estimate of drug-likeness (QED) is 0.337. The highest BCUT2D eigenvalue weighted by Crippen LogP contribution is 2.20. The van der Waals surface area contributed by atoms with E-state index >= 15 is 0 Å². The zero-order chi connectivity index (χ0) is 13.0. The van der Waals surface area contributed by atoms with E-state index in [9.17, 15) is 20.1 Å². The first-order valence-corrected chi connectivity index (χ1v) is 4.79. The topological polar surface area (TPSA) is 126 Å². The fourth-order valence-corrected chi connectivity index (χ4v) is 1.32. The summed E-state index contributed by atoms with van der Waals surface area (Å²) in [4.78, 5) is 10.8. The lowest BCUT2D eigenvalue weighted by molar-refractivity contribution is -0.286. The third kappa shape index (κ3) is 3.38.